The summed E-state index contributed by atoms with van der Waals surface area (Å²) < 4.78 is 10.8. The van der Waals surface area contributed by atoms with Crippen molar-refractivity contribution in [2.45, 2.75) is 44.6 Å². The summed E-state index contributed by atoms with van der Waals surface area (Å²) in [5, 5.41) is 3.31. The number of halogens is 1. The maximum absolute atomic E-state index is 12.5. The Hall–Kier alpha value is -1.50. The molecular formula is C22H36ClN3O3. The first kappa shape index (κ1) is 23.8. The van der Waals surface area contributed by atoms with Crippen LogP contribution in [0.5, 0.6) is 11.5 Å². The van der Waals surface area contributed by atoms with Crippen LogP contribution in [0.2, 0.25) is 0 Å². The van der Waals surface area contributed by atoms with Gasteiger partial charge in [-0.3, -0.25) is 9.69 Å². The lowest BCUT2D eigenvalue weighted by Gasteiger charge is -2.36. The highest BCUT2D eigenvalue weighted by Crippen LogP contribution is 2.29. The number of nitrogens with one attached hydrogen (secondary N) is 1. The molecule has 2 saturated heterocycles. The molecule has 0 aromatic heterocycles. The summed E-state index contributed by atoms with van der Waals surface area (Å²) in [4.78, 5) is 17.1. The van der Waals surface area contributed by atoms with Crippen LogP contribution in [0.25, 0.3) is 0 Å². The predicted octanol–water partition coefficient (Wildman–Crippen LogP) is 2.73. The Kier molecular flexibility index (Phi) is 10.0. The number of amides is 1. The van der Waals surface area contributed by atoms with Crippen LogP contribution in [0.15, 0.2) is 18.2 Å². The van der Waals surface area contributed by atoms with Gasteiger partial charge in [-0.15, -0.1) is 12.4 Å². The van der Waals surface area contributed by atoms with Gasteiger partial charge in [0.05, 0.1) is 14.2 Å². The van der Waals surface area contributed by atoms with Crippen LogP contribution in [0.4, 0.5) is 0 Å². The van der Waals surface area contributed by atoms with Gasteiger partial charge in [0.1, 0.15) is 0 Å². The summed E-state index contributed by atoms with van der Waals surface area (Å²) in [7, 11) is 3.35. The molecule has 2 aliphatic rings. The van der Waals surface area contributed by atoms with Crippen molar-refractivity contribution in [1.29, 1.82) is 0 Å². The second-order valence-electron chi connectivity index (χ2n) is 7.79. The second kappa shape index (κ2) is 12.3. The Morgan fingerprint density at radius 2 is 1.86 bits per heavy atom. The minimum Gasteiger partial charge on any atom is -0.493 e. The fraction of sp³-hybridized carbons (Fsp3) is 0.682. The monoisotopic (exact) mass is 425 g/mol. The number of nitrogens with zero attached hydrogens (tertiary/aromatic N) is 2. The topological polar surface area (TPSA) is 54.0 Å². The third-order valence-corrected chi connectivity index (χ3v) is 6.05. The van der Waals surface area contributed by atoms with E-state index in [1.54, 1.807) is 14.2 Å². The molecule has 0 aliphatic carbocycles. The summed E-state index contributed by atoms with van der Waals surface area (Å²) in [6, 6.07) is 6.76. The van der Waals surface area contributed by atoms with Gasteiger partial charge in [-0.05, 0) is 49.9 Å². The maximum atomic E-state index is 12.5. The molecule has 0 spiro atoms. The molecular weight excluding hydrogens is 390 g/mol. The number of carbonyl (C=O) groups excluding carboxylic acids is 1. The lowest BCUT2D eigenvalue weighted by atomic mass is 9.95. The van der Waals surface area contributed by atoms with Gasteiger partial charge in [-0.2, -0.15) is 0 Å². The molecule has 1 aromatic rings. The lowest BCUT2D eigenvalue weighted by molar-refractivity contribution is -0.132. The molecule has 29 heavy (non-hydrogen) atoms. The van der Waals surface area contributed by atoms with Crippen LogP contribution in [-0.4, -0.2) is 75.2 Å². The second-order valence-corrected chi connectivity index (χ2v) is 7.79. The van der Waals surface area contributed by atoms with Gasteiger partial charge in [0.2, 0.25) is 5.91 Å². The number of methoxy groups -OCH3 is 2. The number of benzene rings is 1. The number of piperazine rings is 1. The van der Waals surface area contributed by atoms with Crippen LogP contribution in [-0.2, 0) is 11.2 Å². The first-order chi connectivity index (χ1) is 13.7. The number of hydrogen-bond donors (Lipinski definition) is 1. The summed E-state index contributed by atoms with van der Waals surface area (Å²) in [5.74, 6) is 1.88. The van der Waals surface area contributed by atoms with Crippen LogP contribution in [0.3, 0.4) is 0 Å². The Morgan fingerprint density at radius 1 is 1.10 bits per heavy atom. The van der Waals surface area contributed by atoms with Gasteiger partial charge in [0, 0.05) is 45.2 Å². The fourth-order valence-electron chi connectivity index (χ4n) is 4.36. The van der Waals surface area contributed by atoms with Crippen molar-refractivity contribution >= 4 is 18.3 Å². The largest absolute Gasteiger partial charge is 0.493 e. The quantitative estimate of drug-likeness (QED) is 0.694. The van der Waals surface area contributed by atoms with Crippen molar-refractivity contribution in [1.82, 2.24) is 15.1 Å². The summed E-state index contributed by atoms with van der Waals surface area (Å²) in [6.07, 6.45) is 6.56. The number of hydrogen-bond acceptors (Lipinski definition) is 5. The summed E-state index contributed by atoms with van der Waals surface area (Å²) in [6.45, 7) is 5.54. The normalized spacial score (nSPS) is 20.1. The highest BCUT2D eigenvalue weighted by molar-refractivity contribution is 5.85. The SMILES string of the molecule is COc1ccc(CCC2CCCCN2CCC(=O)N2CCNCC2)cc1OC.Cl. The number of piperidine rings is 1. The number of ether oxygens (including phenoxy) is 2. The van der Waals surface area contributed by atoms with E-state index in [2.05, 4.69) is 22.3 Å². The Balaban J connectivity index is 0.00000300. The van der Waals surface area contributed by atoms with Gasteiger partial charge >= 0.3 is 0 Å². The molecule has 164 valence electrons. The molecule has 7 heteroatoms. The smallest absolute Gasteiger partial charge is 0.223 e. The van der Waals surface area contributed by atoms with E-state index in [0.717, 1.165) is 63.6 Å². The zero-order valence-corrected chi connectivity index (χ0v) is 18.6. The molecule has 2 fully saturated rings. The van der Waals surface area contributed by atoms with E-state index in [9.17, 15) is 4.79 Å². The highest BCUT2D eigenvalue weighted by Gasteiger charge is 2.24. The fourth-order valence-corrected chi connectivity index (χ4v) is 4.36. The van der Waals surface area contributed by atoms with Crippen molar-refractivity contribution < 1.29 is 14.3 Å². The molecule has 2 heterocycles. The molecule has 1 aromatic carbocycles. The summed E-state index contributed by atoms with van der Waals surface area (Å²) in [5.41, 5.74) is 1.28. The van der Waals surface area contributed by atoms with Gasteiger partial charge in [0.15, 0.2) is 11.5 Å². The van der Waals surface area contributed by atoms with E-state index in [4.69, 9.17) is 9.47 Å². The Morgan fingerprint density at radius 3 is 2.59 bits per heavy atom. The minimum absolute atomic E-state index is 0. The first-order valence-electron chi connectivity index (χ1n) is 10.6. The molecule has 1 amide bonds. The van der Waals surface area contributed by atoms with E-state index < -0.39 is 0 Å². The maximum Gasteiger partial charge on any atom is 0.223 e. The van der Waals surface area contributed by atoms with E-state index in [1.165, 1.54) is 24.8 Å². The van der Waals surface area contributed by atoms with Crippen molar-refractivity contribution in [3.8, 4) is 11.5 Å². The molecule has 2 aliphatic heterocycles. The average Bonchev–Trinajstić information content (AvgIpc) is 2.76. The third-order valence-electron chi connectivity index (χ3n) is 6.05. The lowest BCUT2D eigenvalue weighted by Crippen LogP contribution is -2.48. The van der Waals surface area contributed by atoms with Gasteiger partial charge < -0.3 is 19.7 Å². The van der Waals surface area contributed by atoms with Crippen LogP contribution < -0.4 is 14.8 Å². The predicted molar refractivity (Wildman–Crippen MR) is 118 cm³/mol. The third kappa shape index (κ3) is 6.76. The van der Waals surface area contributed by atoms with Crippen molar-refractivity contribution in [3.63, 3.8) is 0 Å². The van der Waals surface area contributed by atoms with E-state index in [1.807, 2.05) is 11.0 Å². The molecule has 1 unspecified atom stereocenters. The molecule has 0 radical (unpaired) electrons. The van der Waals surface area contributed by atoms with Crippen LogP contribution >= 0.6 is 12.4 Å². The van der Waals surface area contributed by atoms with Crippen molar-refractivity contribution in [2.75, 3.05) is 53.5 Å². The van der Waals surface area contributed by atoms with E-state index in [0.29, 0.717) is 18.4 Å². The van der Waals surface area contributed by atoms with Crippen LogP contribution in [0.1, 0.15) is 37.7 Å². The van der Waals surface area contributed by atoms with Gasteiger partial charge in [-0.25, -0.2) is 0 Å². The van der Waals surface area contributed by atoms with Crippen LogP contribution in [0, 0.1) is 0 Å². The zero-order valence-electron chi connectivity index (χ0n) is 17.8. The number of likely N-dealkylation sites (tertiary alicyclic amines) is 1. The highest BCUT2D eigenvalue weighted by atomic mass is 35.5. The molecule has 0 bridgehead atoms. The standard InChI is InChI=1S/C22H35N3O3.ClH/c1-27-20-9-7-18(17-21(20)28-2)6-8-19-5-3-4-13-24(19)14-10-22(26)25-15-11-23-12-16-25;/h7,9,17,19,23H,3-6,8,10-16H2,1-2H3;1H. The Bertz CT molecular complexity index is 638. The zero-order chi connectivity index (χ0) is 19.8. The minimum atomic E-state index is 0. The first-order valence-corrected chi connectivity index (χ1v) is 10.6. The summed E-state index contributed by atoms with van der Waals surface area (Å²) >= 11 is 0. The molecule has 1 N–H and O–H groups in total. The Labute approximate surface area is 181 Å². The van der Waals surface area contributed by atoms with Crippen molar-refractivity contribution in [2.24, 2.45) is 0 Å². The van der Waals surface area contributed by atoms with Crippen molar-refractivity contribution in [3.05, 3.63) is 23.8 Å². The van der Waals surface area contributed by atoms with Gasteiger partial charge in [0.25, 0.3) is 0 Å². The molecule has 0 saturated carbocycles. The average molecular weight is 426 g/mol. The molecule has 3 rings (SSSR count). The number of carbonyl (C=O) groups is 1. The number of rotatable bonds is 8. The number of aryl methyl sites for hydroxylation is 1. The van der Waals surface area contributed by atoms with E-state index in [-0.39, 0.29) is 12.4 Å². The molecule has 1 atom stereocenters. The van der Waals surface area contributed by atoms with E-state index >= 15 is 0 Å². The molecule has 6 nitrogen and oxygen atoms in total. The van der Waals surface area contributed by atoms with Gasteiger partial charge in [-0.1, -0.05) is 12.5 Å².